The van der Waals surface area contributed by atoms with Crippen LogP contribution >= 0.6 is 11.3 Å². The molecule has 0 aliphatic rings. The minimum absolute atomic E-state index is 0.0730. The van der Waals surface area contributed by atoms with Gasteiger partial charge >= 0.3 is 0 Å². The van der Waals surface area contributed by atoms with Gasteiger partial charge in [0, 0.05) is 11.1 Å². The first-order chi connectivity index (χ1) is 9.99. The van der Waals surface area contributed by atoms with Crippen LogP contribution < -0.4 is 5.32 Å². The Hall–Kier alpha value is -2.02. The molecule has 7 heteroatoms. The van der Waals surface area contributed by atoms with Crippen molar-refractivity contribution in [2.75, 3.05) is 5.32 Å². The molecule has 2 heterocycles. The maximum absolute atomic E-state index is 13.6. The Balaban J connectivity index is 1.92. The van der Waals surface area contributed by atoms with Gasteiger partial charge in [-0.25, -0.2) is 18.2 Å². The van der Waals surface area contributed by atoms with Crippen LogP contribution in [0.5, 0.6) is 0 Å². The molecule has 0 spiro atoms. The highest BCUT2D eigenvalue weighted by Crippen LogP contribution is 2.23. The van der Waals surface area contributed by atoms with Crippen molar-refractivity contribution in [1.29, 1.82) is 0 Å². The number of imidazole rings is 1. The largest absolute Gasteiger partial charge is 0.377 e. The number of aromatic nitrogens is 2. The molecule has 3 aromatic rings. The van der Waals surface area contributed by atoms with E-state index < -0.39 is 17.5 Å². The normalized spacial score (nSPS) is 11.3. The summed E-state index contributed by atoms with van der Waals surface area (Å²) in [6.07, 6.45) is 0. The van der Waals surface area contributed by atoms with E-state index in [0.717, 1.165) is 28.1 Å². The summed E-state index contributed by atoms with van der Waals surface area (Å²) in [5.41, 5.74) is 2.64. The van der Waals surface area contributed by atoms with Crippen LogP contribution in [0.2, 0.25) is 0 Å². The molecule has 3 nitrogen and oxygen atoms in total. The number of nitrogens with zero attached hydrogens (tertiary/aromatic N) is 2. The third-order valence-corrected chi connectivity index (χ3v) is 4.25. The highest BCUT2D eigenvalue weighted by molar-refractivity contribution is 7.15. The first-order valence-corrected chi connectivity index (χ1v) is 7.16. The molecule has 1 aromatic carbocycles. The number of hydrogen-bond donors (Lipinski definition) is 1. The predicted octanol–water partition coefficient (Wildman–Crippen LogP) is 4.04. The molecule has 0 atom stereocenters. The minimum atomic E-state index is -1.47. The van der Waals surface area contributed by atoms with E-state index in [1.165, 1.54) is 17.4 Å². The van der Waals surface area contributed by atoms with Crippen LogP contribution in [0.15, 0.2) is 17.5 Å². The fourth-order valence-corrected chi connectivity index (χ4v) is 3.15. The van der Waals surface area contributed by atoms with Crippen molar-refractivity contribution < 1.29 is 13.2 Å². The van der Waals surface area contributed by atoms with Gasteiger partial charge in [0.05, 0.1) is 23.6 Å². The fourth-order valence-electron chi connectivity index (χ4n) is 2.22. The van der Waals surface area contributed by atoms with Gasteiger partial charge in [-0.1, -0.05) is 0 Å². The third kappa shape index (κ3) is 2.27. The fraction of sp³-hybridized carbons (Fsp3) is 0.214. The smallest absolute Gasteiger partial charge is 0.196 e. The van der Waals surface area contributed by atoms with Gasteiger partial charge in [-0.15, -0.1) is 11.3 Å². The van der Waals surface area contributed by atoms with E-state index in [0.29, 0.717) is 0 Å². The first-order valence-electron chi connectivity index (χ1n) is 6.28. The third-order valence-electron chi connectivity index (χ3n) is 3.31. The van der Waals surface area contributed by atoms with E-state index in [2.05, 4.69) is 10.3 Å². The maximum atomic E-state index is 13.6. The van der Waals surface area contributed by atoms with Crippen molar-refractivity contribution in [3.8, 4) is 0 Å². The number of anilines is 1. The zero-order valence-corrected chi connectivity index (χ0v) is 12.2. The zero-order chi connectivity index (χ0) is 15.1. The standard InChI is InChI=1S/C14H12F3N3S/c1-7-6-21-14-19-8(2)11(20(7)14)5-18-10-4-3-9(15)12(16)13(10)17/h3-4,6,18H,5H2,1-2H3. The Labute approximate surface area is 123 Å². The van der Waals surface area contributed by atoms with Crippen LogP contribution in [0.4, 0.5) is 18.9 Å². The molecule has 21 heavy (non-hydrogen) atoms. The predicted molar refractivity (Wildman–Crippen MR) is 76.2 cm³/mol. The summed E-state index contributed by atoms with van der Waals surface area (Å²) >= 11 is 1.52. The monoisotopic (exact) mass is 311 g/mol. The van der Waals surface area contributed by atoms with Crippen molar-refractivity contribution in [3.05, 3.63) is 52.0 Å². The molecule has 2 aromatic heterocycles. The van der Waals surface area contributed by atoms with Gasteiger partial charge in [0.15, 0.2) is 22.4 Å². The average molecular weight is 311 g/mol. The minimum Gasteiger partial charge on any atom is -0.377 e. The number of thiazole rings is 1. The molecular weight excluding hydrogens is 299 g/mol. The average Bonchev–Trinajstić information content (AvgIpc) is 2.95. The highest BCUT2D eigenvalue weighted by Gasteiger charge is 2.15. The van der Waals surface area contributed by atoms with E-state index in [1.807, 2.05) is 23.6 Å². The van der Waals surface area contributed by atoms with Gasteiger partial charge in [0.1, 0.15) is 0 Å². The summed E-state index contributed by atoms with van der Waals surface area (Å²) in [5, 5.41) is 4.77. The zero-order valence-electron chi connectivity index (χ0n) is 11.4. The van der Waals surface area contributed by atoms with Crippen LogP contribution in [-0.4, -0.2) is 9.38 Å². The lowest BCUT2D eigenvalue weighted by molar-refractivity contribution is 0.449. The molecular formula is C14H12F3N3S. The Kier molecular flexibility index (Phi) is 3.36. The molecule has 0 radical (unpaired) electrons. The number of nitrogens with one attached hydrogen (secondary N) is 1. The Morgan fingerprint density at radius 1 is 1.19 bits per heavy atom. The van der Waals surface area contributed by atoms with E-state index >= 15 is 0 Å². The lowest BCUT2D eigenvalue weighted by Crippen LogP contribution is -2.07. The first kappa shape index (κ1) is 13.9. The topological polar surface area (TPSA) is 29.3 Å². The molecule has 0 aliphatic heterocycles. The van der Waals surface area contributed by atoms with Gasteiger partial charge in [0.25, 0.3) is 0 Å². The highest BCUT2D eigenvalue weighted by atomic mass is 32.1. The molecule has 0 saturated carbocycles. The Bertz CT molecular complexity index is 823. The molecule has 0 aliphatic carbocycles. The molecule has 0 fully saturated rings. The number of halogens is 3. The molecule has 0 bridgehead atoms. The van der Waals surface area contributed by atoms with E-state index in [9.17, 15) is 13.2 Å². The van der Waals surface area contributed by atoms with Gasteiger partial charge in [-0.2, -0.15) is 0 Å². The van der Waals surface area contributed by atoms with Gasteiger partial charge in [0.2, 0.25) is 0 Å². The summed E-state index contributed by atoms with van der Waals surface area (Å²) in [7, 11) is 0. The maximum Gasteiger partial charge on any atom is 0.196 e. The molecule has 0 amide bonds. The van der Waals surface area contributed by atoms with Gasteiger partial charge in [-0.3, -0.25) is 4.40 Å². The molecule has 110 valence electrons. The van der Waals surface area contributed by atoms with E-state index in [1.54, 1.807) is 0 Å². The summed E-state index contributed by atoms with van der Waals surface area (Å²) in [4.78, 5) is 5.27. The quantitative estimate of drug-likeness (QED) is 0.740. The Morgan fingerprint density at radius 2 is 1.95 bits per heavy atom. The molecule has 3 rings (SSSR count). The number of hydrogen-bond acceptors (Lipinski definition) is 3. The second kappa shape index (κ2) is 5.07. The van der Waals surface area contributed by atoms with Crippen LogP contribution in [0.1, 0.15) is 17.1 Å². The van der Waals surface area contributed by atoms with Crippen LogP contribution in [0.25, 0.3) is 4.96 Å². The molecule has 0 unspecified atom stereocenters. The lowest BCUT2D eigenvalue weighted by Gasteiger charge is -2.09. The van der Waals surface area contributed by atoms with Crippen molar-refractivity contribution in [1.82, 2.24) is 9.38 Å². The lowest BCUT2D eigenvalue weighted by atomic mass is 10.2. The summed E-state index contributed by atoms with van der Waals surface area (Å²) in [6, 6.07) is 2.08. The van der Waals surface area contributed by atoms with Crippen LogP contribution in [-0.2, 0) is 6.54 Å². The molecule has 1 N–H and O–H groups in total. The van der Waals surface area contributed by atoms with Crippen LogP contribution in [0.3, 0.4) is 0 Å². The summed E-state index contributed by atoms with van der Waals surface area (Å²) < 4.78 is 41.7. The second-order valence-electron chi connectivity index (χ2n) is 4.72. The Morgan fingerprint density at radius 3 is 2.71 bits per heavy atom. The summed E-state index contributed by atoms with van der Waals surface area (Å²) in [6.45, 7) is 4.08. The van der Waals surface area contributed by atoms with Gasteiger partial charge < -0.3 is 5.32 Å². The SMILES string of the molecule is Cc1nc2scc(C)n2c1CNc1ccc(F)c(F)c1F. The number of benzene rings is 1. The van der Waals surface area contributed by atoms with Crippen molar-refractivity contribution in [2.45, 2.75) is 20.4 Å². The number of rotatable bonds is 3. The van der Waals surface area contributed by atoms with E-state index in [-0.39, 0.29) is 12.2 Å². The summed E-state index contributed by atoms with van der Waals surface area (Å²) in [5.74, 6) is -3.88. The van der Waals surface area contributed by atoms with Crippen molar-refractivity contribution in [2.24, 2.45) is 0 Å². The van der Waals surface area contributed by atoms with Crippen molar-refractivity contribution in [3.63, 3.8) is 0 Å². The van der Waals surface area contributed by atoms with E-state index in [4.69, 9.17) is 0 Å². The number of aryl methyl sites for hydroxylation is 2. The molecule has 0 saturated heterocycles. The second-order valence-corrected chi connectivity index (χ2v) is 5.55. The number of fused-ring (bicyclic) bond motifs is 1. The van der Waals surface area contributed by atoms with Crippen LogP contribution in [0, 0.1) is 31.3 Å². The van der Waals surface area contributed by atoms with Crippen molar-refractivity contribution >= 4 is 22.0 Å². The van der Waals surface area contributed by atoms with Gasteiger partial charge in [-0.05, 0) is 26.0 Å².